The van der Waals surface area contributed by atoms with Crippen molar-refractivity contribution >= 4 is 17.9 Å². The van der Waals surface area contributed by atoms with E-state index in [1.54, 1.807) is 0 Å². The van der Waals surface area contributed by atoms with Crippen LogP contribution in [0.5, 0.6) is 0 Å². The van der Waals surface area contributed by atoms with Gasteiger partial charge in [0.2, 0.25) is 0 Å². The Balaban J connectivity index is 4.27. The molecule has 0 radical (unpaired) electrons. The molecule has 77 heavy (non-hydrogen) atoms. The van der Waals surface area contributed by atoms with Gasteiger partial charge in [-0.15, -0.1) is 0 Å². The van der Waals surface area contributed by atoms with E-state index in [0.29, 0.717) is 19.3 Å². The first-order chi connectivity index (χ1) is 38.0. The number of carbonyl (C=O) groups excluding carboxylic acids is 3. The summed E-state index contributed by atoms with van der Waals surface area (Å²) < 4.78 is 16.9. The average Bonchev–Trinajstić information content (AvgIpc) is 3.43. The van der Waals surface area contributed by atoms with Gasteiger partial charge in [0.1, 0.15) is 13.2 Å². The van der Waals surface area contributed by atoms with Crippen molar-refractivity contribution in [3.8, 4) is 0 Å². The van der Waals surface area contributed by atoms with Crippen molar-refractivity contribution in [1.82, 2.24) is 0 Å². The Morgan fingerprint density at radius 2 is 0.506 bits per heavy atom. The van der Waals surface area contributed by atoms with Gasteiger partial charge in [-0.1, -0.05) is 298 Å². The molecule has 0 heterocycles. The molecule has 0 amide bonds. The highest BCUT2D eigenvalue weighted by Crippen LogP contribution is 2.17. The van der Waals surface area contributed by atoms with Gasteiger partial charge in [-0.05, 0) is 96.3 Å². The smallest absolute Gasteiger partial charge is 0.306 e. The molecule has 0 fully saturated rings. The molecule has 0 aliphatic rings. The lowest BCUT2D eigenvalue weighted by Crippen LogP contribution is -2.30. The number of ether oxygens (including phenoxy) is 3. The lowest BCUT2D eigenvalue weighted by atomic mass is 10.0. The first kappa shape index (κ1) is 73.6. The number of allylic oxidation sites excluding steroid dienone is 14. The second-order valence-electron chi connectivity index (χ2n) is 22.0. The van der Waals surface area contributed by atoms with Crippen molar-refractivity contribution in [3.05, 3.63) is 85.1 Å². The van der Waals surface area contributed by atoms with E-state index in [9.17, 15) is 14.4 Å². The molecule has 1 unspecified atom stereocenters. The van der Waals surface area contributed by atoms with E-state index >= 15 is 0 Å². The van der Waals surface area contributed by atoms with E-state index in [4.69, 9.17) is 14.2 Å². The number of rotatable bonds is 60. The number of hydrogen-bond donors (Lipinski definition) is 0. The minimum atomic E-state index is -0.780. The average molecular weight is 1070 g/mol. The van der Waals surface area contributed by atoms with Crippen LogP contribution in [0.15, 0.2) is 85.1 Å². The highest BCUT2D eigenvalue weighted by Gasteiger charge is 2.19. The van der Waals surface area contributed by atoms with Crippen LogP contribution in [0.1, 0.15) is 329 Å². The highest BCUT2D eigenvalue weighted by atomic mass is 16.6. The van der Waals surface area contributed by atoms with Crippen LogP contribution in [0, 0.1) is 0 Å². The lowest BCUT2D eigenvalue weighted by molar-refractivity contribution is -0.167. The van der Waals surface area contributed by atoms with Crippen LogP contribution in [0.25, 0.3) is 0 Å². The fraction of sp³-hybridized carbons (Fsp3) is 0.761. The van der Waals surface area contributed by atoms with Crippen LogP contribution in [0.3, 0.4) is 0 Å². The number of carbonyl (C=O) groups is 3. The molecule has 0 aromatic heterocycles. The van der Waals surface area contributed by atoms with E-state index in [0.717, 1.165) is 103 Å². The highest BCUT2D eigenvalue weighted by molar-refractivity contribution is 5.71. The lowest BCUT2D eigenvalue weighted by Gasteiger charge is -2.18. The summed E-state index contributed by atoms with van der Waals surface area (Å²) in [5.41, 5.74) is 0. The predicted octanol–water partition coefficient (Wildman–Crippen LogP) is 22.7. The topological polar surface area (TPSA) is 78.9 Å². The van der Waals surface area contributed by atoms with E-state index in [-0.39, 0.29) is 31.1 Å². The minimum Gasteiger partial charge on any atom is -0.462 e. The molecule has 1 atom stereocenters. The van der Waals surface area contributed by atoms with E-state index < -0.39 is 6.10 Å². The Kier molecular flexibility index (Phi) is 62.2. The first-order valence-electron chi connectivity index (χ1n) is 33.1. The standard InChI is InChI=1S/C71H124O6/c1-4-7-10-13-16-19-22-24-26-28-30-32-34-35-37-38-40-42-44-46-49-52-55-58-61-64-70(73)76-67-68(66-75-69(72)63-60-57-54-51-48-21-18-15-12-9-6-3)77-71(74)65-62-59-56-53-50-47-45-43-41-39-36-33-31-29-27-25-23-20-17-14-11-8-5-2/h7,10,16,19,23-26,29-32,36,39,68H,4-6,8-9,11-15,17-18,20-22,27-28,33-35,37-38,40-67H2,1-3H3/b10-7-,19-16-,25-23-,26-24-,31-29-,32-30-,39-36-. The van der Waals surface area contributed by atoms with Crippen LogP contribution >= 0.6 is 0 Å². The van der Waals surface area contributed by atoms with Gasteiger partial charge in [0.05, 0.1) is 0 Å². The molecule has 6 nitrogen and oxygen atoms in total. The van der Waals surface area contributed by atoms with Crippen LogP contribution in [0.4, 0.5) is 0 Å². The summed E-state index contributed by atoms with van der Waals surface area (Å²) in [6, 6.07) is 0. The van der Waals surface area contributed by atoms with Gasteiger partial charge in [0.15, 0.2) is 6.10 Å². The zero-order valence-corrected chi connectivity index (χ0v) is 51.0. The molecule has 0 bridgehead atoms. The number of unbranched alkanes of at least 4 members (excludes halogenated alkanes) is 35. The molecule has 0 aliphatic heterocycles. The van der Waals surface area contributed by atoms with Gasteiger partial charge in [0.25, 0.3) is 0 Å². The quantitative estimate of drug-likeness (QED) is 0.0261. The molecule has 444 valence electrons. The van der Waals surface area contributed by atoms with E-state index in [2.05, 4.69) is 106 Å². The fourth-order valence-corrected chi connectivity index (χ4v) is 9.44. The number of esters is 3. The Morgan fingerprint density at radius 1 is 0.273 bits per heavy atom. The van der Waals surface area contributed by atoms with Crippen molar-refractivity contribution in [2.45, 2.75) is 335 Å². The van der Waals surface area contributed by atoms with Gasteiger partial charge in [-0.3, -0.25) is 14.4 Å². The van der Waals surface area contributed by atoms with Crippen molar-refractivity contribution in [1.29, 1.82) is 0 Å². The molecule has 0 aromatic carbocycles. The Labute approximate surface area is 477 Å². The van der Waals surface area contributed by atoms with Gasteiger partial charge in [-0.2, -0.15) is 0 Å². The Morgan fingerprint density at radius 3 is 0.792 bits per heavy atom. The van der Waals surface area contributed by atoms with E-state index in [1.807, 2.05) is 0 Å². The van der Waals surface area contributed by atoms with Gasteiger partial charge in [-0.25, -0.2) is 0 Å². The Bertz CT molecular complexity index is 1470. The number of hydrogen-bond acceptors (Lipinski definition) is 6. The van der Waals surface area contributed by atoms with Gasteiger partial charge in [0, 0.05) is 19.3 Å². The summed E-state index contributed by atoms with van der Waals surface area (Å²) in [6.07, 6.45) is 85.9. The molecule has 0 saturated heterocycles. The molecule has 6 heteroatoms. The van der Waals surface area contributed by atoms with E-state index in [1.165, 1.54) is 186 Å². The zero-order chi connectivity index (χ0) is 55.7. The summed E-state index contributed by atoms with van der Waals surface area (Å²) in [7, 11) is 0. The molecular weight excluding hydrogens is 949 g/mol. The van der Waals surface area contributed by atoms with Crippen LogP contribution in [-0.2, 0) is 28.6 Å². The largest absolute Gasteiger partial charge is 0.462 e. The normalized spacial score (nSPS) is 12.6. The van der Waals surface area contributed by atoms with Gasteiger partial charge >= 0.3 is 17.9 Å². The summed E-state index contributed by atoms with van der Waals surface area (Å²) in [6.45, 7) is 6.54. The molecule has 0 spiro atoms. The summed E-state index contributed by atoms with van der Waals surface area (Å²) in [5, 5.41) is 0. The van der Waals surface area contributed by atoms with Crippen molar-refractivity contribution in [3.63, 3.8) is 0 Å². The second-order valence-corrected chi connectivity index (χ2v) is 22.0. The fourth-order valence-electron chi connectivity index (χ4n) is 9.44. The molecule has 0 N–H and O–H groups in total. The summed E-state index contributed by atoms with van der Waals surface area (Å²) >= 11 is 0. The third kappa shape index (κ3) is 63.3. The van der Waals surface area contributed by atoms with Crippen LogP contribution < -0.4 is 0 Å². The van der Waals surface area contributed by atoms with Crippen LogP contribution in [-0.4, -0.2) is 37.2 Å². The Hall–Kier alpha value is -3.41. The van der Waals surface area contributed by atoms with Crippen molar-refractivity contribution in [2.24, 2.45) is 0 Å². The minimum absolute atomic E-state index is 0.0768. The van der Waals surface area contributed by atoms with Gasteiger partial charge < -0.3 is 14.2 Å². The van der Waals surface area contributed by atoms with Crippen molar-refractivity contribution < 1.29 is 28.6 Å². The monoisotopic (exact) mass is 1070 g/mol. The zero-order valence-electron chi connectivity index (χ0n) is 51.0. The SMILES string of the molecule is CC/C=C\C/C=C\C/C=C\C/C=C\CCCCCCCCCCCCCCC(=O)OCC(COC(=O)CCCCCCCCCCCCC)OC(=O)CCCCCCCCCC/C=C\C/C=C\C/C=C\CCCCCCC. The maximum Gasteiger partial charge on any atom is 0.306 e. The summed E-state index contributed by atoms with van der Waals surface area (Å²) in [4.78, 5) is 38.3. The third-order valence-corrected chi connectivity index (χ3v) is 14.4. The summed E-state index contributed by atoms with van der Waals surface area (Å²) in [5.74, 6) is -0.873. The third-order valence-electron chi connectivity index (χ3n) is 14.4. The molecule has 0 aromatic rings. The predicted molar refractivity (Wildman–Crippen MR) is 334 cm³/mol. The molecular formula is C71H124O6. The van der Waals surface area contributed by atoms with Crippen molar-refractivity contribution in [2.75, 3.05) is 13.2 Å². The van der Waals surface area contributed by atoms with Crippen LogP contribution in [0.2, 0.25) is 0 Å². The molecule has 0 saturated carbocycles. The molecule has 0 rings (SSSR count). The second kappa shape index (κ2) is 65.1. The maximum absolute atomic E-state index is 12.9. The molecule has 0 aliphatic carbocycles. The maximum atomic E-state index is 12.9. The first-order valence-corrected chi connectivity index (χ1v) is 33.1.